The van der Waals surface area contributed by atoms with Crippen molar-refractivity contribution in [2.75, 3.05) is 19.0 Å². The molecule has 27 heavy (non-hydrogen) atoms. The number of sulfone groups is 1. The average molecular weight is 389 g/mol. The first kappa shape index (κ1) is 20.5. The Labute approximate surface area is 159 Å². The summed E-state index contributed by atoms with van der Waals surface area (Å²) in [5.41, 5.74) is 1.82. The summed E-state index contributed by atoms with van der Waals surface area (Å²) in [5, 5.41) is 2.85. The van der Waals surface area contributed by atoms with Crippen molar-refractivity contribution in [3.8, 4) is 5.75 Å². The van der Waals surface area contributed by atoms with E-state index in [0.29, 0.717) is 18.0 Å². The Morgan fingerprint density at radius 1 is 1.04 bits per heavy atom. The first-order valence-corrected chi connectivity index (χ1v) is 10.0. The molecule has 0 spiro atoms. The van der Waals surface area contributed by atoms with Crippen LogP contribution >= 0.6 is 0 Å². The van der Waals surface area contributed by atoms with Crippen LogP contribution in [0.25, 0.3) is 0 Å². The quantitative estimate of drug-likeness (QED) is 0.549. The van der Waals surface area contributed by atoms with Crippen LogP contribution in [0, 0.1) is 0 Å². The van der Waals surface area contributed by atoms with Gasteiger partial charge in [0.2, 0.25) is 9.84 Å². The number of esters is 1. The van der Waals surface area contributed by atoms with Crippen LogP contribution in [0.3, 0.4) is 0 Å². The Kier molecular flexibility index (Phi) is 7.01. The van der Waals surface area contributed by atoms with Crippen molar-refractivity contribution in [2.24, 2.45) is 0 Å². The van der Waals surface area contributed by atoms with Crippen molar-refractivity contribution in [1.29, 1.82) is 0 Å². The number of nitrogens with one attached hydrogen (secondary N) is 1. The molecule has 0 unspecified atom stereocenters. The highest BCUT2D eigenvalue weighted by atomic mass is 32.2. The van der Waals surface area contributed by atoms with E-state index in [4.69, 9.17) is 4.74 Å². The van der Waals surface area contributed by atoms with Gasteiger partial charge in [-0.05, 0) is 55.3 Å². The lowest BCUT2D eigenvalue weighted by Gasteiger charge is -2.10. The number of benzene rings is 2. The molecule has 0 atom stereocenters. The summed E-state index contributed by atoms with van der Waals surface area (Å²) in [7, 11) is -2.92. The number of rotatable bonds is 8. The van der Waals surface area contributed by atoms with Crippen LogP contribution in [-0.4, -0.2) is 28.1 Å². The van der Waals surface area contributed by atoms with Gasteiger partial charge in [0.25, 0.3) is 0 Å². The molecule has 6 nitrogen and oxygen atoms in total. The maximum absolute atomic E-state index is 12.9. The molecule has 7 heteroatoms. The second-order valence-electron chi connectivity index (χ2n) is 5.60. The van der Waals surface area contributed by atoms with Gasteiger partial charge in [-0.2, -0.15) is 0 Å². The van der Waals surface area contributed by atoms with Crippen molar-refractivity contribution >= 4 is 21.5 Å². The Hall–Kier alpha value is -2.80. The normalized spacial score (nSPS) is 11.7. The summed E-state index contributed by atoms with van der Waals surface area (Å²) >= 11 is 0. The Bertz CT molecular complexity index is 900. The molecule has 0 bridgehead atoms. The number of aryl methyl sites for hydroxylation is 1. The van der Waals surface area contributed by atoms with Crippen LogP contribution in [-0.2, 0) is 25.8 Å². The molecule has 0 aliphatic carbocycles. The van der Waals surface area contributed by atoms with Gasteiger partial charge in [-0.15, -0.1) is 0 Å². The van der Waals surface area contributed by atoms with E-state index in [9.17, 15) is 13.2 Å². The first-order valence-electron chi connectivity index (χ1n) is 8.54. The number of ether oxygens (including phenoxy) is 2. The highest BCUT2D eigenvalue weighted by Gasteiger charge is 2.28. The zero-order valence-corrected chi connectivity index (χ0v) is 16.4. The lowest BCUT2D eigenvalue weighted by atomic mass is 10.1. The van der Waals surface area contributed by atoms with Crippen LogP contribution in [0.4, 0.5) is 5.69 Å². The fourth-order valence-corrected chi connectivity index (χ4v) is 3.61. The third-order valence-corrected chi connectivity index (χ3v) is 5.61. The van der Waals surface area contributed by atoms with Gasteiger partial charge >= 0.3 is 5.97 Å². The maximum Gasteiger partial charge on any atom is 0.351 e. The molecule has 0 aliphatic heterocycles. The molecule has 0 aromatic heterocycles. The smallest absolute Gasteiger partial charge is 0.351 e. The Morgan fingerprint density at radius 2 is 1.67 bits per heavy atom. The topological polar surface area (TPSA) is 81.7 Å². The van der Waals surface area contributed by atoms with Gasteiger partial charge < -0.3 is 14.8 Å². The van der Waals surface area contributed by atoms with Gasteiger partial charge in [0.05, 0.1) is 18.6 Å². The number of carbonyl (C=O) groups excluding carboxylic acids is 1. The van der Waals surface area contributed by atoms with Crippen LogP contribution < -0.4 is 10.1 Å². The standard InChI is InChI=1S/C20H23NO5S/c1-4-15-6-8-16(9-7-15)21-14-19(20(22)25-3)27(23,24)18-12-10-17(11-13-18)26-5-2/h6-14,21H,4-5H2,1-3H3/b19-14+. The maximum atomic E-state index is 12.9. The van der Waals surface area contributed by atoms with Crippen molar-refractivity contribution in [2.45, 2.75) is 25.2 Å². The van der Waals surface area contributed by atoms with E-state index in [-0.39, 0.29) is 4.90 Å². The van der Waals surface area contributed by atoms with E-state index in [1.54, 1.807) is 12.1 Å². The third kappa shape index (κ3) is 5.10. The summed E-state index contributed by atoms with van der Waals surface area (Å²) in [4.78, 5) is 11.6. The van der Waals surface area contributed by atoms with Gasteiger partial charge in [0.15, 0.2) is 4.91 Å². The van der Waals surface area contributed by atoms with Crippen LogP contribution in [0.2, 0.25) is 0 Å². The minimum absolute atomic E-state index is 0.0225. The van der Waals surface area contributed by atoms with Crippen molar-refractivity contribution in [1.82, 2.24) is 0 Å². The fraction of sp³-hybridized carbons (Fsp3) is 0.250. The molecule has 0 fully saturated rings. The Balaban J connectivity index is 2.34. The summed E-state index contributed by atoms with van der Waals surface area (Å²) in [6.45, 7) is 4.35. The molecule has 0 heterocycles. The predicted molar refractivity (Wildman–Crippen MR) is 104 cm³/mol. The number of hydrogen-bond donors (Lipinski definition) is 1. The first-order chi connectivity index (χ1) is 12.9. The van der Waals surface area contributed by atoms with E-state index >= 15 is 0 Å². The summed E-state index contributed by atoms with van der Waals surface area (Å²) < 4.78 is 35.7. The van der Waals surface area contributed by atoms with Crippen molar-refractivity contribution < 1.29 is 22.7 Å². The lowest BCUT2D eigenvalue weighted by molar-refractivity contribution is -0.135. The van der Waals surface area contributed by atoms with E-state index in [0.717, 1.165) is 25.3 Å². The van der Waals surface area contributed by atoms with Crippen molar-refractivity contribution in [3.05, 3.63) is 65.2 Å². The second-order valence-corrected chi connectivity index (χ2v) is 7.52. The zero-order chi connectivity index (χ0) is 19.9. The van der Waals surface area contributed by atoms with Crippen molar-refractivity contribution in [3.63, 3.8) is 0 Å². The monoisotopic (exact) mass is 389 g/mol. The predicted octanol–water partition coefficient (Wildman–Crippen LogP) is 3.55. The van der Waals surface area contributed by atoms with E-state index in [2.05, 4.69) is 10.1 Å². The number of carbonyl (C=O) groups is 1. The number of methoxy groups -OCH3 is 1. The minimum atomic E-state index is -4.06. The molecule has 0 saturated carbocycles. The van der Waals surface area contributed by atoms with Gasteiger partial charge in [-0.25, -0.2) is 13.2 Å². The van der Waals surface area contributed by atoms with Gasteiger partial charge in [0.1, 0.15) is 5.75 Å². The molecular formula is C20H23NO5S. The molecule has 0 aliphatic rings. The third-order valence-electron chi connectivity index (χ3n) is 3.85. The summed E-state index contributed by atoms with van der Waals surface area (Å²) in [6, 6.07) is 13.4. The van der Waals surface area contributed by atoms with E-state index in [1.807, 2.05) is 38.1 Å². The number of hydrogen-bond acceptors (Lipinski definition) is 6. The molecule has 2 aromatic carbocycles. The lowest BCUT2D eigenvalue weighted by Crippen LogP contribution is -2.17. The summed E-state index contributed by atoms with van der Waals surface area (Å²) in [5.74, 6) is -0.393. The molecule has 2 rings (SSSR count). The highest BCUT2D eigenvalue weighted by Crippen LogP contribution is 2.23. The molecule has 1 N–H and O–H groups in total. The molecule has 0 radical (unpaired) electrons. The molecular weight excluding hydrogens is 366 g/mol. The van der Waals surface area contributed by atoms with E-state index < -0.39 is 20.7 Å². The average Bonchev–Trinajstić information content (AvgIpc) is 2.69. The molecule has 2 aromatic rings. The van der Waals surface area contributed by atoms with Crippen LogP contribution in [0.5, 0.6) is 5.75 Å². The highest BCUT2D eigenvalue weighted by molar-refractivity contribution is 7.96. The largest absolute Gasteiger partial charge is 0.494 e. The SMILES string of the molecule is CCOc1ccc(S(=O)(=O)/C(=C/Nc2ccc(CC)cc2)C(=O)OC)cc1. The zero-order valence-electron chi connectivity index (χ0n) is 15.6. The minimum Gasteiger partial charge on any atom is -0.494 e. The molecule has 0 saturated heterocycles. The second kappa shape index (κ2) is 9.23. The van der Waals surface area contributed by atoms with Crippen LogP contribution in [0.15, 0.2) is 64.5 Å². The van der Waals surface area contributed by atoms with Gasteiger partial charge in [0, 0.05) is 11.9 Å². The molecule has 144 valence electrons. The van der Waals surface area contributed by atoms with E-state index in [1.165, 1.54) is 12.1 Å². The fourth-order valence-electron chi connectivity index (χ4n) is 2.34. The van der Waals surface area contributed by atoms with Gasteiger partial charge in [-0.1, -0.05) is 19.1 Å². The van der Waals surface area contributed by atoms with Crippen LogP contribution in [0.1, 0.15) is 19.4 Å². The van der Waals surface area contributed by atoms with Gasteiger partial charge in [-0.3, -0.25) is 0 Å². The Morgan fingerprint density at radius 3 is 2.19 bits per heavy atom. The molecule has 0 amide bonds. The number of anilines is 1. The summed E-state index contributed by atoms with van der Waals surface area (Å²) in [6.07, 6.45) is 2.05.